The Morgan fingerprint density at radius 1 is 1.59 bits per heavy atom. The van der Waals surface area contributed by atoms with Crippen LogP contribution in [0.15, 0.2) is 18.2 Å². The molecule has 0 aliphatic rings. The topological polar surface area (TPSA) is 64.3 Å². The summed E-state index contributed by atoms with van der Waals surface area (Å²) in [5, 5.41) is 3.65. The maximum atomic E-state index is 11.1. The molecule has 0 radical (unpaired) electrons. The number of benzene rings is 1. The Morgan fingerprint density at radius 3 is 2.82 bits per heavy atom. The van der Waals surface area contributed by atoms with Crippen molar-refractivity contribution < 1.29 is 9.53 Å². The van der Waals surface area contributed by atoms with E-state index in [4.69, 9.17) is 22.1 Å². The van der Waals surface area contributed by atoms with Gasteiger partial charge in [0.1, 0.15) is 5.75 Å². The van der Waals surface area contributed by atoms with Crippen LogP contribution in [-0.2, 0) is 11.3 Å². The molecule has 0 saturated heterocycles. The van der Waals surface area contributed by atoms with E-state index in [9.17, 15) is 4.79 Å². The minimum absolute atomic E-state index is 0.460. The number of halogens is 1. The number of rotatable bonds is 6. The lowest BCUT2D eigenvalue weighted by Gasteiger charge is -2.17. The number of carbonyl (C=O) groups is 1. The molecular formula is C12H17ClN2O2. The molecule has 3 N–H and O–H groups in total. The first-order chi connectivity index (χ1) is 8.08. The highest BCUT2D eigenvalue weighted by atomic mass is 35.5. The second kappa shape index (κ2) is 6.47. The van der Waals surface area contributed by atoms with Gasteiger partial charge in [0.15, 0.2) is 6.10 Å². The fourth-order valence-corrected chi connectivity index (χ4v) is 1.68. The highest BCUT2D eigenvalue weighted by Crippen LogP contribution is 2.24. The Hall–Kier alpha value is -1.26. The zero-order valence-electron chi connectivity index (χ0n) is 10.00. The molecule has 0 aliphatic heterocycles. The maximum Gasteiger partial charge on any atom is 0.258 e. The van der Waals surface area contributed by atoms with Crippen molar-refractivity contribution in [1.29, 1.82) is 0 Å². The summed E-state index contributed by atoms with van der Waals surface area (Å²) in [7, 11) is 1.83. The van der Waals surface area contributed by atoms with Crippen LogP contribution >= 0.6 is 11.6 Å². The van der Waals surface area contributed by atoms with Crippen molar-refractivity contribution in [2.45, 2.75) is 26.0 Å². The number of primary amides is 1. The molecule has 0 spiro atoms. The number of hydrogen-bond acceptors (Lipinski definition) is 3. The summed E-state index contributed by atoms with van der Waals surface area (Å²) in [6.45, 7) is 2.47. The van der Waals surface area contributed by atoms with E-state index in [1.54, 1.807) is 18.2 Å². The molecule has 1 aromatic carbocycles. The van der Waals surface area contributed by atoms with Gasteiger partial charge in [-0.3, -0.25) is 4.79 Å². The van der Waals surface area contributed by atoms with Crippen molar-refractivity contribution >= 4 is 17.5 Å². The van der Waals surface area contributed by atoms with Crippen molar-refractivity contribution in [1.82, 2.24) is 5.32 Å². The van der Waals surface area contributed by atoms with Gasteiger partial charge in [-0.1, -0.05) is 18.5 Å². The van der Waals surface area contributed by atoms with Crippen LogP contribution in [0.1, 0.15) is 18.9 Å². The molecule has 5 heteroatoms. The highest BCUT2D eigenvalue weighted by molar-refractivity contribution is 6.30. The summed E-state index contributed by atoms with van der Waals surface area (Å²) >= 11 is 5.91. The monoisotopic (exact) mass is 256 g/mol. The first-order valence-corrected chi connectivity index (χ1v) is 5.85. The minimum atomic E-state index is -0.605. The number of ether oxygens (including phenoxy) is 1. The molecule has 0 fully saturated rings. The Kier molecular flexibility index (Phi) is 5.25. The molecule has 0 aromatic heterocycles. The van der Waals surface area contributed by atoms with Crippen LogP contribution < -0.4 is 15.8 Å². The predicted octanol–water partition coefficient (Wildman–Crippen LogP) is 1.70. The number of nitrogens with two attached hydrogens (primary N) is 1. The maximum absolute atomic E-state index is 11.1. The van der Waals surface area contributed by atoms with Gasteiger partial charge in [-0.25, -0.2) is 0 Å². The van der Waals surface area contributed by atoms with Crippen molar-refractivity contribution in [2.24, 2.45) is 5.73 Å². The Balaban J connectivity index is 2.92. The first-order valence-electron chi connectivity index (χ1n) is 5.47. The third-order valence-corrected chi connectivity index (χ3v) is 2.58. The predicted molar refractivity (Wildman–Crippen MR) is 68.1 cm³/mol. The number of nitrogens with one attached hydrogen (secondary N) is 1. The molecule has 0 aliphatic carbocycles. The van der Waals surface area contributed by atoms with E-state index >= 15 is 0 Å². The molecule has 94 valence electrons. The molecule has 4 nitrogen and oxygen atoms in total. The number of hydrogen-bond donors (Lipinski definition) is 2. The Morgan fingerprint density at radius 2 is 2.29 bits per heavy atom. The summed E-state index contributed by atoms with van der Waals surface area (Å²) < 4.78 is 5.59. The molecule has 0 saturated carbocycles. The lowest BCUT2D eigenvalue weighted by atomic mass is 10.2. The van der Waals surface area contributed by atoms with Gasteiger partial charge in [-0.05, 0) is 31.7 Å². The number of carbonyl (C=O) groups excluding carboxylic acids is 1. The van der Waals surface area contributed by atoms with Gasteiger partial charge in [0.2, 0.25) is 0 Å². The molecule has 1 amide bonds. The fraction of sp³-hybridized carbons (Fsp3) is 0.417. The van der Waals surface area contributed by atoms with Crippen LogP contribution in [0.5, 0.6) is 5.75 Å². The lowest BCUT2D eigenvalue weighted by molar-refractivity contribution is -0.124. The molecule has 0 heterocycles. The average molecular weight is 257 g/mol. The average Bonchev–Trinajstić information content (AvgIpc) is 2.28. The summed E-state index contributed by atoms with van der Waals surface area (Å²) in [5.74, 6) is 0.173. The second-order valence-corrected chi connectivity index (χ2v) is 4.14. The van der Waals surface area contributed by atoms with Gasteiger partial charge in [0.05, 0.1) is 0 Å². The molecule has 1 unspecified atom stereocenters. The van der Waals surface area contributed by atoms with E-state index in [1.807, 2.05) is 14.0 Å². The largest absolute Gasteiger partial charge is 0.480 e. The van der Waals surface area contributed by atoms with E-state index in [2.05, 4.69) is 5.32 Å². The summed E-state index contributed by atoms with van der Waals surface area (Å²) in [5.41, 5.74) is 6.15. The quantitative estimate of drug-likeness (QED) is 0.814. The number of amides is 1. The van der Waals surface area contributed by atoms with Gasteiger partial charge < -0.3 is 15.8 Å². The summed E-state index contributed by atoms with van der Waals surface area (Å²) in [6.07, 6.45) is -0.0662. The van der Waals surface area contributed by atoms with Crippen LogP contribution in [0.2, 0.25) is 5.02 Å². The smallest absolute Gasteiger partial charge is 0.258 e. The van der Waals surface area contributed by atoms with E-state index in [-0.39, 0.29) is 0 Å². The van der Waals surface area contributed by atoms with Crippen LogP contribution in [0, 0.1) is 0 Å². The molecule has 0 bridgehead atoms. The van der Waals surface area contributed by atoms with Crippen molar-refractivity contribution in [3.05, 3.63) is 28.8 Å². The van der Waals surface area contributed by atoms with Crippen molar-refractivity contribution in [2.75, 3.05) is 7.05 Å². The van der Waals surface area contributed by atoms with Crippen LogP contribution in [-0.4, -0.2) is 19.1 Å². The Bertz CT molecular complexity index is 396. The first kappa shape index (κ1) is 13.8. The molecule has 1 aromatic rings. The molecule has 1 rings (SSSR count). The van der Waals surface area contributed by atoms with Gasteiger partial charge in [0.25, 0.3) is 5.91 Å². The highest BCUT2D eigenvalue weighted by Gasteiger charge is 2.16. The van der Waals surface area contributed by atoms with E-state index < -0.39 is 12.0 Å². The zero-order chi connectivity index (χ0) is 12.8. The molecular weight excluding hydrogens is 240 g/mol. The lowest BCUT2D eigenvalue weighted by Crippen LogP contribution is -2.33. The van der Waals surface area contributed by atoms with Crippen molar-refractivity contribution in [3.63, 3.8) is 0 Å². The van der Waals surface area contributed by atoms with Gasteiger partial charge in [-0.15, -0.1) is 0 Å². The SMILES string of the molecule is CCC(Oc1ccc(Cl)cc1CNC)C(N)=O. The van der Waals surface area contributed by atoms with Gasteiger partial charge >= 0.3 is 0 Å². The standard InChI is InChI=1S/C12H17ClN2O2/c1-3-10(12(14)16)17-11-5-4-9(13)6-8(11)7-15-2/h4-6,10,15H,3,7H2,1-2H3,(H2,14,16). The fourth-order valence-electron chi connectivity index (χ4n) is 1.49. The Labute approximate surface area is 106 Å². The van der Waals surface area contributed by atoms with Crippen LogP contribution in [0.4, 0.5) is 0 Å². The summed E-state index contributed by atoms with van der Waals surface area (Å²) in [6, 6.07) is 5.28. The zero-order valence-corrected chi connectivity index (χ0v) is 10.8. The van der Waals surface area contributed by atoms with Gasteiger partial charge in [-0.2, -0.15) is 0 Å². The van der Waals surface area contributed by atoms with E-state index in [0.29, 0.717) is 23.7 Å². The normalized spacial score (nSPS) is 12.2. The third-order valence-electron chi connectivity index (χ3n) is 2.35. The van der Waals surface area contributed by atoms with Crippen molar-refractivity contribution in [3.8, 4) is 5.75 Å². The third kappa shape index (κ3) is 3.91. The van der Waals surface area contributed by atoms with Crippen LogP contribution in [0.25, 0.3) is 0 Å². The molecule has 1 atom stereocenters. The van der Waals surface area contributed by atoms with Crippen LogP contribution in [0.3, 0.4) is 0 Å². The second-order valence-electron chi connectivity index (χ2n) is 3.70. The molecule has 17 heavy (non-hydrogen) atoms. The van der Waals surface area contributed by atoms with E-state index in [1.165, 1.54) is 0 Å². The van der Waals surface area contributed by atoms with Gasteiger partial charge in [0, 0.05) is 17.1 Å². The van der Waals surface area contributed by atoms with E-state index in [0.717, 1.165) is 5.56 Å². The summed E-state index contributed by atoms with van der Waals surface area (Å²) in [4.78, 5) is 11.1. The minimum Gasteiger partial charge on any atom is -0.480 e.